The fourth-order valence-electron chi connectivity index (χ4n) is 3.91. The van der Waals surface area contributed by atoms with Crippen LogP contribution in [0.5, 0.6) is 0 Å². The lowest BCUT2D eigenvalue weighted by atomic mass is 9.75. The van der Waals surface area contributed by atoms with Crippen molar-refractivity contribution in [2.24, 2.45) is 10.8 Å². The highest BCUT2D eigenvalue weighted by Gasteiger charge is 2.51. The maximum atomic E-state index is 12.8. The van der Waals surface area contributed by atoms with Crippen LogP contribution in [0, 0.1) is 10.8 Å². The van der Waals surface area contributed by atoms with Crippen LogP contribution in [-0.2, 0) is 9.53 Å². The third kappa shape index (κ3) is 2.44. The van der Waals surface area contributed by atoms with Gasteiger partial charge in [-0.3, -0.25) is 9.59 Å². The summed E-state index contributed by atoms with van der Waals surface area (Å²) in [5, 5.41) is 0. The molecule has 1 aliphatic heterocycles. The van der Waals surface area contributed by atoms with Crippen LogP contribution in [0.2, 0.25) is 0 Å². The average molecular weight is 298 g/mol. The van der Waals surface area contributed by atoms with Crippen molar-refractivity contribution < 1.29 is 14.3 Å². The Balaban J connectivity index is 2.01. The van der Waals surface area contributed by atoms with Crippen molar-refractivity contribution in [1.82, 2.24) is 0 Å². The number of carbonyl (C=O) groups is 2. The van der Waals surface area contributed by atoms with Crippen LogP contribution < -0.4 is 0 Å². The van der Waals surface area contributed by atoms with E-state index in [2.05, 4.69) is 13.8 Å². The Bertz CT molecular complexity index is 655. The number of carbonyl (C=O) groups excluding carboxylic acids is 2. The standard InChI is InChI=1S/C19H22O3/c1-18(2)9-16(20)19(3,12-18)15-11-22-10-14(15)17(21)13-7-5-4-6-8-13/h4-8H,9-12H2,1-3H3. The van der Waals surface area contributed by atoms with Crippen molar-refractivity contribution >= 4 is 11.6 Å². The summed E-state index contributed by atoms with van der Waals surface area (Å²) in [6.45, 7) is 6.92. The van der Waals surface area contributed by atoms with E-state index in [0.717, 1.165) is 12.0 Å². The van der Waals surface area contributed by atoms with Crippen molar-refractivity contribution in [2.45, 2.75) is 33.6 Å². The lowest BCUT2D eigenvalue weighted by Crippen LogP contribution is -2.27. The van der Waals surface area contributed by atoms with Gasteiger partial charge in [-0.15, -0.1) is 0 Å². The molecule has 0 N–H and O–H groups in total. The van der Waals surface area contributed by atoms with Crippen LogP contribution >= 0.6 is 0 Å². The largest absolute Gasteiger partial charge is 0.372 e. The van der Waals surface area contributed by atoms with Crippen LogP contribution in [0.15, 0.2) is 41.5 Å². The fourth-order valence-corrected chi connectivity index (χ4v) is 3.91. The molecule has 1 aromatic carbocycles. The summed E-state index contributed by atoms with van der Waals surface area (Å²) in [4.78, 5) is 25.4. The van der Waals surface area contributed by atoms with Crippen molar-refractivity contribution in [3.05, 3.63) is 47.0 Å². The minimum Gasteiger partial charge on any atom is -0.372 e. The van der Waals surface area contributed by atoms with Gasteiger partial charge in [-0.1, -0.05) is 44.2 Å². The Morgan fingerprint density at radius 3 is 2.36 bits per heavy atom. The fraction of sp³-hybridized carbons (Fsp3) is 0.474. The van der Waals surface area contributed by atoms with Crippen LogP contribution in [0.3, 0.4) is 0 Å². The lowest BCUT2D eigenvalue weighted by Gasteiger charge is -2.27. The van der Waals surface area contributed by atoms with Gasteiger partial charge in [-0.05, 0) is 24.3 Å². The molecular weight excluding hydrogens is 276 g/mol. The predicted octanol–water partition coefficient (Wildman–Crippen LogP) is 3.59. The van der Waals surface area contributed by atoms with Crippen molar-refractivity contribution in [3.8, 4) is 0 Å². The molecule has 0 bridgehead atoms. The van der Waals surface area contributed by atoms with Gasteiger partial charge in [0.25, 0.3) is 0 Å². The van der Waals surface area contributed by atoms with E-state index in [4.69, 9.17) is 4.74 Å². The number of Topliss-reactive ketones (excluding diaryl/α,β-unsaturated/α-hetero) is 2. The Hall–Kier alpha value is -1.74. The highest BCUT2D eigenvalue weighted by Crippen LogP contribution is 2.52. The van der Waals surface area contributed by atoms with E-state index in [-0.39, 0.29) is 17.0 Å². The van der Waals surface area contributed by atoms with E-state index >= 15 is 0 Å². The van der Waals surface area contributed by atoms with E-state index in [1.165, 1.54) is 0 Å². The zero-order valence-electron chi connectivity index (χ0n) is 13.4. The van der Waals surface area contributed by atoms with Crippen molar-refractivity contribution in [2.75, 3.05) is 13.2 Å². The van der Waals surface area contributed by atoms with Crippen LogP contribution in [-0.4, -0.2) is 24.8 Å². The molecule has 3 heteroatoms. The van der Waals surface area contributed by atoms with Gasteiger partial charge in [0.15, 0.2) is 5.78 Å². The summed E-state index contributed by atoms with van der Waals surface area (Å²) in [7, 11) is 0. The number of ketones is 2. The molecule has 1 atom stereocenters. The summed E-state index contributed by atoms with van der Waals surface area (Å²) in [6.07, 6.45) is 1.35. The third-order valence-corrected chi connectivity index (χ3v) is 4.92. The Labute approximate surface area is 131 Å². The first-order valence-electron chi connectivity index (χ1n) is 7.77. The normalized spacial score (nSPS) is 27.5. The molecular formula is C19H22O3. The first-order chi connectivity index (χ1) is 10.3. The minimum absolute atomic E-state index is 0.00756. The maximum Gasteiger partial charge on any atom is 0.191 e. The molecule has 116 valence electrons. The zero-order valence-corrected chi connectivity index (χ0v) is 13.4. The molecule has 0 radical (unpaired) electrons. The van der Waals surface area contributed by atoms with Crippen molar-refractivity contribution in [3.63, 3.8) is 0 Å². The second-order valence-electron chi connectivity index (χ2n) is 7.42. The van der Waals surface area contributed by atoms with Crippen LogP contribution in [0.25, 0.3) is 0 Å². The van der Waals surface area contributed by atoms with Gasteiger partial charge in [0, 0.05) is 17.6 Å². The monoisotopic (exact) mass is 298 g/mol. The Kier molecular flexibility index (Phi) is 3.56. The molecule has 3 rings (SSSR count). The summed E-state index contributed by atoms with van der Waals surface area (Å²) in [6, 6.07) is 9.23. The SMILES string of the molecule is CC1(C)CC(=O)C(C)(C2=C(C(=O)c3ccccc3)COC2)C1. The highest BCUT2D eigenvalue weighted by molar-refractivity contribution is 6.10. The van der Waals surface area contributed by atoms with E-state index in [1.807, 2.05) is 37.3 Å². The van der Waals surface area contributed by atoms with Crippen LogP contribution in [0.4, 0.5) is 0 Å². The molecule has 1 saturated carbocycles. The Morgan fingerprint density at radius 2 is 1.77 bits per heavy atom. The summed E-state index contributed by atoms with van der Waals surface area (Å²) in [5.74, 6) is 0.225. The second kappa shape index (κ2) is 5.17. The van der Waals surface area contributed by atoms with E-state index in [0.29, 0.717) is 30.8 Å². The molecule has 1 heterocycles. The van der Waals surface area contributed by atoms with Gasteiger partial charge in [0.1, 0.15) is 5.78 Å². The maximum absolute atomic E-state index is 12.8. The first kappa shape index (κ1) is 15.2. The summed E-state index contributed by atoms with van der Waals surface area (Å²) in [5.41, 5.74) is 1.67. The summed E-state index contributed by atoms with van der Waals surface area (Å²) < 4.78 is 5.56. The zero-order chi connectivity index (χ0) is 16.0. The average Bonchev–Trinajstić information content (AvgIpc) is 3.03. The molecule has 3 nitrogen and oxygen atoms in total. The molecule has 22 heavy (non-hydrogen) atoms. The lowest BCUT2D eigenvalue weighted by molar-refractivity contribution is -0.123. The molecule has 0 spiro atoms. The van der Waals surface area contributed by atoms with Crippen LogP contribution in [0.1, 0.15) is 44.0 Å². The molecule has 1 fully saturated rings. The molecule has 2 aliphatic rings. The molecule has 1 unspecified atom stereocenters. The molecule has 0 amide bonds. The smallest absolute Gasteiger partial charge is 0.191 e. The van der Waals surface area contributed by atoms with Gasteiger partial charge >= 0.3 is 0 Å². The molecule has 1 aliphatic carbocycles. The highest BCUT2D eigenvalue weighted by atomic mass is 16.5. The quantitative estimate of drug-likeness (QED) is 0.801. The van der Waals surface area contributed by atoms with Crippen molar-refractivity contribution in [1.29, 1.82) is 0 Å². The summed E-state index contributed by atoms with van der Waals surface area (Å²) >= 11 is 0. The van der Waals surface area contributed by atoms with Gasteiger partial charge in [0.2, 0.25) is 0 Å². The van der Waals surface area contributed by atoms with Gasteiger partial charge in [-0.25, -0.2) is 0 Å². The van der Waals surface area contributed by atoms with Gasteiger partial charge in [-0.2, -0.15) is 0 Å². The topological polar surface area (TPSA) is 43.4 Å². The van der Waals surface area contributed by atoms with Gasteiger partial charge < -0.3 is 4.74 Å². The minimum atomic E-state index is -0.556. The molecule has 1 aromatic rings. The number of benzene rings is 1. The van der Waals surface area contributed by atoms with E-state index in [9.17, 15) is 9.59 Å². The number of hydrogen-bond acceptors (Lipinski definition) is 3. The number of hydrogen-bond donors (Lipinski definition) is 0. The number of ether oxygens (including phenoxy) is 1. The Morgan fingerprint density at radius 1 is 1.09 bits per heavy atom. The predicted molar refractivity (Wildman–Crippen MR) is 84.7 cm³/mol. The van der Waals surface area contributed by atoms with Gasteiger partial charge in [0.05, 0.1) is 18.6 Å². The number of rotatable bonds is 3. The first-order valence-corrected chi connectivity index (χ1v) is 7.77. The third-order valence-electron chi connectivity index (χ3n) is 4.92. The second-order valence-corrected chi connectivity index (χ2v) is 7.42. The molecule has 0 saturated heterocycles. The molecule has 0 aromatic heterocycles. The van der Waals surface area contributed by atoms with E-state index in [1.54, 1.807) is 0 Å². The van der Waals surface area contributed by atoms with E-state index < -0.39 is 5.41 Å².